The van der Waals surface area contributed by atoms with Gasteiger partial charge in [-0.05, 0) is 39.3 Å². The summed E-state index contributed by atoms with van der Waals surface area (Å²) in [4.78, 5) is 13.8. The van der Waals surface area contributed by atoms with E-state index in [1.54, 1.807) is 0 Å². The third-order valence-electron chi connectivity index (χ3n) is 3.42. The molecule has 0 saturated heterocycles. The van der Waals surface area contributed by atoms with E-state index in [9.17, 15) is 4.79 Å². The van der Waals surface area contributed by atoms with Gasteiger partial charge < -0.3 is 4.90 Å². The number of Topliss-reactive ketones (excluding diaryl/α,β-unsaturated/α-hetero) is 1. The second-order valence-corrected chi connectivity index (χ2v) is 4.77. The first-order valence-corrected chi connectivity index (χ1v) is 6.32. The topological polar surface area (TPSA) is 44.1 Å². The van der Waals surface area contributed by atoms with Crippen molar-refractivity contribution in [1.29, 1.82) is 5.26 Å². The van der Waals surface area contributed by atoms with Gasteiger partial charge in [0.05, 0.1) is 12.0 Å². The molecule has 1 aliphatic rings. The molecule has 0 heterocycles. The van der Waals surface area contributed by atoms with Crippen molar-refractivity contribution < 1.29 is 4.79 Å². The van der Waals surface area contributed by atoms with Gasteiger partial charge in [0.15, 0.2) is 0 Å². The Hall–Kier alpha value is -0.880. The highest BCUT2D eigenvalue weighted by atomic mass is 16.1. The maximum Gasteiger partial charge on any atom is 0.136 e. The SMILES string of the molecule is CCN(CCC1CCCC1=O)CC(C)C#N. The molecule has 0 aromatic carbocycles. The summed E-state index contributed by atoms with van der Waals surface area (Å²) in [6, 6.07) is 2.26. The Bertz CT molecular complexity index is 270. The molecule has 90 valence electrons. The van der Waals surface area contributed by atoms with Gasteiger partial charge in [0.1, 0.15) is 5.78 Å². The van der Waals surface area contributed by atoms with Gasteiger partial charge in [-0.1, -0.05) is 6.92 Å². The second-order valence-electron chi connectivity index (χ2n) is 4.77. The van der Waals surface area contributed by atoms with Crippen LogP contribution < -0.4 is 0 Å². The molecule has 16 heavy (non-hydrogen) atoms. The molecule has 1 aliphatic carbocycles. The van der Waals surface area contributed by atoms with Crippen LogP contribution in [-0.2, 0) is 4.79 Å². The summed E-state index contributed by atoms with van der Waals surface area (Å²) in [5, 5.41) is 8.77. The lowest BCUT2D eigenvalue weighted by atomic mass is 10.0. The van der Waals surface area contributed by atoms with E-state index in [1.807, 2.05) is 6.92 Å². The predicted molar refractivity (Wildman–Crippen MR) is 63.9 cm³/mol. The predicted octanol–water partition coefficient (Wildman–Crippen LogP) is 2.23. The number of nitriles is 1. The van der Waals surface area contributed by atoms with Crippen LogP contribution in [0.4, 0.5) is 0 Å². The second kappa shape index (κ2) is 6.65. The molecule has 2 atom stereocenters. The van der Waals surface area contributed by atoms with E-state index < -0.39 is 0 Å². The van der Waals surface area contributed by atoms with Gasteiger partial charge in [0.2, 0.25) is 0 Å². The zero-order valence-corrected chi connectivity index (χ0v) is 10.4. The average Bonchev–Trinajstić information content (AvgIpc) is 2.69. The van der Waals surface area contributed by atoms with Crippen LogP contribution in [0.3, 0.4) is 0 Å². The quantitative estimate of drug-likeness (QED) is 0.692. The lowest BCUT2D eigenvalue weighted by molar-refractivity contribution is -0.120. The summed E-state index contributed by atoms with van der Waals surface area (Å²) < 4.78 is 0. The van der Waals surface area contributed by atoms with Crippen molar-refractivity contribution in [1.82, 2.24) is 4.90 Å². The van der Waals surface area contributed by atoms with Crippen LogP contribution in [0.2, 0.25) is 0 Å². The van der Waals surface area contributed by atoms with E-state index in [1.165, 1.54) is 0 Å². The molecule has 1 saturated carbocycles. The molecule has 3 nitrogen and oxygen atoms in total. The maximum atomic E-state index is 11.5. The van der Waals surface area contributed by atoms with Crippen molar-refractivity contribution in [2.24, 2.45) is 11.8 Å². The summed E-state index contributed by atoms with van der Waals surface area (Å²) in [5.74, 6) is 0.829. The summed E-state index contributed by atoms with van der Waals surface area (Å²) in [6.45, 7) is 6.81. The van der Waals surface area contributed by atoms with Crippen molar-refractivity contribution in [2.75, 3.05) is 19.6 Å². The van der Waals surface area contributed by atoms with Gasteiger partial charge in [-0.3, -0.25) is 4.79 Å². The molecule has 0 aliphatic heterocycles. The van der Waals surface area contributed by atoms with Crippen LogP contribution in [0.1, 0.15) is 39.5 Å². The van der Waals surface area contributed by atoms with Crippen molar-refractivity contribution in [3.05, 3.63) is 0 Å². The van der Waals surface area contributed by atoms with Crippen LogP contribution in [0, 0.1) is 23.2 Å². The number of hydrogen-bond acceptors (Lipinski definition) is 3. The van der Waals surface area contributed by atoms with E-state index in [-0.39, 0.29) is 5.92 Å². The minimum atomic E-state index is 0.0826. The smallest absolute Gasteiger partial charge is 0.136 e. The van der Waals surface area contributed by atoms with Crippen LogP contribution in [0.25, 0.3) is 0 Å². The molecule has 0 amide bonds. The maximum absolute atomic E-state index is 11.5. The molecule has 2 unspecified atom stereocenters. The van der Waals surface area contributed by atoms with Crippen LogP contribution in [0.5, 0.6) is 0 Å². The highest BCUT2D eigenvalue weighted by molar-refractivity contribution is 5.82. The van der Waals surface area contributed by atoms with Gasteiger partial charge in [0.25, 0.3) is 0 Å². The van der Waals surface area contributed by atoms with E-state index >= 15 is 0 Å². The molecule has 3 heteroatoms. The van der Waals surface area contributed by atoms with E-state index in [2.05, 4.69) is 17.9 Å². The Morgan fingerprint density at radius 2 is 2.38 bits per heavy atom. The average molecular weight is 222 g/mol. The highest BCUT2D eigenvalue weighted by Crippen LogP contribution is 2.24. The summed E-state index contributed by atoms with van der Waals surface area (Å²) in [7, 11) is 0. The van der Waals surface area contributed by atoms with Gasteiger partial charge in [-0.2, -0.15) is 5.26 Å². The number of ketones is 1. The third-order valence-corrected chi connectivity index (χ3v) is 3.42. The lowest BCUT2D eigenvalue weighted by Gasteiger charge is -2.22. The summed E-state index contributed by atoms with van der Waals surface area (Å²) in [5.41, 5.74) is 0. The third kappa shape index (κ3) is 3.94. The summed E-state index contributed by atoms with van der Waals surface area (Å²) in [6.07, 6.45) is 3.91. The minimum Gasteiger partial charge on any atom is -0.302 e. The number of rotatable bonds is 6. The number of hydrogen-bond donors (Lipinski definition) is 0. The van der Waals surface area contributed by atoms with Gasteiger partial charge >= 0.3 is 0 Å². The van der Waals surface area contributed by atoms with Gasteiger partial charge in [-0.15, -0.1) is 0 Å². The first-order chi connectivity index (χ1) is 7.67. The number of nitrogens with zero attached hydrogens (tertiary/aromatic N) is 2. The normalized spacial score (nSPS) is 22.4. The van der Waals surface area contributed by atoms with Crippen LogP contribution in [-0.4, -0.2) is 30.3 Å². The molecule has 0 aromatic heterocycles. The zero-order chi connectivity index (χ0) is 12.0. The van der Waals surface area contributed by atoms with Crippen LogP contribution in [0.15, 0.2) is 0 Å². The first kappa shape index (κ1) is 13.2. The molecule has 1 rings (SSSR count). The fourth-order valence-corrected chi connectivity index (χ4v) is 2.34. The summed E-state index contributed by atoms with van der Waals surface area (Å²) >= 11 is 0. The van der Waals surface area contributed by atoms with Crippen LogP contribution >= 0.6 is 0 Å². The van der Waals surface area contributed by atoms with Crippen molar-refractivity contribution >= 4 is 5.78 Å². The Morgan fingerprint density at radius 3 is 2.88 bits per heavy atom. The van der Waals surface area contributed by atoms with Crippen molar-refractivity contribution in [3.63, 3.8) is 0 Å². The Balaban J connectivity index is 2.28. The van der Waals surface area contributed by atoms with Crippen molar-refractivity contribution in [2.45, 2.75) is 39.5 Å². The monoisotopic (exact) mass is 222 g/mol. The number of carbonyl (C=O) groups excluding carboxylic acids is 1. The van der Waals surface area contributed by atoms with E-state index in [0.717, 1.165) is 45.3 Å². The lowest BCUT2D eigenvalue weighted by Crippen LogP contribution is -2.30. The molecule has 0 N–H and O–H groups in total. The number of carbonyl (C=O) groups is 1. The van der Waals surface area contributed by atoms with E-state index in [0.29, 0.717) is 11.7 Å². The van der Waals surface area contributed by atoms with Crippen molar-refractivity contribution in [3.8, 4) is 6.07 Å². The molecule has 0 spiro atoms. The van der Waals surface area contributed by atoms with Gasteiger partial charge in [-0.25, -0.2) is 0 Å². The largest absolute Gasteiger partial charge is 0.302 e. The Labute approximate surface area is 98.4 Å². The molecular formula is C13H22N2O. The molecule has 0 aromatic rings. The Morgan fingerprint density at radius 1 is 1.62 bits per heavy atom. The highest BCUT2D eigenvalue weighted by Gasteiger charge is 2.24. The molecule has 0 bridgehead atoms. The Kier molecular flexibility index (Phi) is 5.48. The van der Waals surface area contributed by atoms with E-state index in [4.69, 9.17) is 5.26 Å². The molecule has 1 fully saturated rings. The fourth-order valence-electron chi connectivity index (χ4n) is 2.34. The molecule has 0 radical (unpaired) electrons. The fraction of sp³-hybridized carbons (Fsp3) is 0.846. The minimum absolute atomic E-state index is 0.0826. The standard InChI is InChI=1S/C13H22N2O/c1-3-15(10-11(2)9-14)8-7-12-5-4-6-13(12)16/h11-12H,3-8,10H2,1-2H3. The molecular weight excluding hydrogens is 200 g/mol. The first-order valence-electron chi connectivity index (χ1n) is 6.32. The van der Waals surface area contributed by atoms with Gasteiger partial charge in [0, 0.05) is 18.9 Å². The zero-order valence-electron chi connectivity index (χ0n) is 10.4.